The summed E-state index contributed by atoms with van der Waals surface area (Å²) in [7, 11) is 0. The SMILES string of the molecule is O=CC=Cc1ccc2c(c1)CC2. The summed E-state index contributed by atoms with van der Waals surface area (Å²) in [5, 5.41) is 0. The summed E-state index contributed by atoms with van der Waals surface area (Å²) in [6.45, 7) is 0. The van der Waals surface area contributed by atoms with Gasteiger partial charge in [-0.15, -0.1) is 0 Å². The molecule has 0 saturated heterocycles. The van der Waals surface area contributed by atoms with Gasteiger partial charge in [0.15, 0.2) is 0 Å². The van der Waals surface area contributed by atoms with Crippen molar-refractivity contribution in [1.29, 1.82) is 0 Å². The number of aldehydes is 1. The van der Waals surface area contributed by atoms with Crippen LogP contribution in [0, 0.1) is 0 Å². The molecule has 1 aromatic carbocycles. The highest BCUT2D eigenvalue weighted by Crippen LogP contribution is 2.23. The fourth-order valence-corrected chi connectivity index (χ4v) is 1.47. The van der Waals surface area contributed by atoms with E-state index in [1.807, 2.05) is 6.08 Å². The maximum Gasteiger partial charge on any atom is 0.142 e. The van der Waals surface area contributed by atoms with E-state index in [4.69, 9.17) is 0 Å². The number of aryl methyl sites for hydroxylation is 2. The number of fused-ring (bicyclic) bond motifs is 1. The van der Waals surface area contributed by atoms with Crippen molar-refractivity contribution in [3.8, 4) is 0 Å². The molecular formula is C11H10O. The average molecular weight is 158 g/mol. The molecule has 12 heavy (non-hydrogen) atoms. The zero-order valence-corrected chi connectivity index (χ0v) is 6.79. The molecular weight excluding hydrogens is 148 g/mol. The third-order valence-corrected chi connectivity index (χ3v) is 2.26. The van der Waals surface area contributed by atoms with E-state index in [-0.39, 0.29) is 0 Å². The molecule has 1 aromatic rings. The third kappa shape index (κ3) is 1.18. The van der Waals surface area contributed by atoms with Crippen molar-refractivity contribution in [2.75, 3.05) is 0 Å². The van der Waals surface area contributed by atoms with Crippen molar-refractivity contribution in [2.24, 2.45) is 0 Å². The van der Waals surface area contributed by atoms with Gasteiger partial charge in [0.1, 0.15) is 6.29 Å². The lowest BCUT2D eigenvalue weighted by molar-refractivity contribution is -0.104. The first-order valence-corrected chi connectivity index (χ1v) is 4.14. The van der Waals surface area contributed by atoms with Gasteiger partial charge < -0.3 is 0 Å². The van der Waals surface area contributed by atoms with Crippen LogP contribution in [-0.4, -0.2) is 6.29 Å². The largest absolute Gasteiger partial charge is 0.299 e. The summed E-state index contributed by atoms with van der Waals surface area (Å²) in [5.74, 6) is 0. The van der Waals surface area contributed by atoms with Gasteiger partial charge in [-0.1, -0.05) is 24.3 Å². The minimum atomic E-state index is 0.805. The smallest absolute Gasteiger partial charge is 0.142 e. The molecule has 0 aromatic heterocycles. The fourth-order valence-electron chi connectivity index (χ4n) is 1.47. The Hall–Kier alpha value is -1.37. The van der Waals surface area contributed by atoms with Gasteiger partial charge in [-0.3, -0.25) is 4.79 Å². The lowest BCUT2D eigenvalue weighted by Crippen LogP contribution is -2.07. The molecule has 0 atom stereocenters. The van der Waals surface area contributed by atoms with Gasteiger partial charge >= 0.3 is 0 Å². The number of allylic oxidation sites excluding steroid dienone is 1. The Morgan fingerprint density at radius 1 is 1.17 bits per heavy atom. The molecule has 0 bridgehead atoms. The molecule has 0 fully saturated rings. The first kappa shape index (κ1) is 7.29. The van der Waals surface area contributed by atoms with E-state index in [1.165, 1.54) is 30.0 Å². The second-order valence-corrected chi connectivity index (χ2v) is 3.02. The van der Waals surface area contributed by atoms with Gasteiger partial charge in [0.25, 0.3) is 0 Å². The van der Waals surface area contributed by atoms with E-state index in [1.54, 1.807) is 0 Å². The van der Waals surface area contributed by atoms with Crippen molar-refractivity contribution in [1.82, 2.24) is 0 Å². The van der Waals surface area contributed by atoms with Crippen LogP contribution in [0.4, 0.5) is 0 Å². The molecule has 0 unspecified atom stereocenters. The Labute approximate surface area is 71.7 Å². The van der Waals surface area contributed by atoms with Gasteiger partial charge in [-0.05, 0) is 35.6 Å². The summed E-state index contributed by atoms with van der Waals surface area (Å²) in [5.41, 5.74) is 4.02. The Balaban J connectivity index is 2.29. The van der Waals surface area contributed by atoms with Crippen molar-refractivity contribution >= 4 is 12.4 Å². The van der Waals surface area contributed by atoms with Gasteiger partial charge in [-0.25, -0.2) is 0 Å². The van der Waals surface area contributed by atoms with Crippen LogP contribution in [0.15, 0.2) is 24.3 Å². The number of carbonyl (C=O) groups is 1. The molecule has 60 valence electrons. The van der Waals surface area contributed by atoms with Gasteiger partial charge in [-0.2, -0.15) is 0 Å². The number of benzene rings is 1. The van der Waals surface area contributed by atoms with Crippen LogP contribution in [0.2, 0.25) is 0 Å². The standard InChI is InChI=1S/C11H10O/c12-7-1-2-9-3-4-10-5-6-11(10)8-9/h1-4,7-8H,5-6H2. The van der Waals surface area contributed by atoms with E-state index in [9.17, 15) is 4.79 Å². The van der Waals surface area contributed by atoms with E-state index in [0.29, 0.717) is 0 Å². The Kier molecular flexibility index (Phi) is 1.78. The van der Waals surface area contributed by atoms with Crippen molar-refractivity contribution in [2.45, 2.75) is 12.8 Å². The van der Waals surface area contributed by atoms with E-state index in [2.05, 4.69) is 18.2 Å². The van der Waals surface area contributed by atoms with Crippen molar-refractivity contribution < 1.29 is 4.79 Å². The van der Waals surface area contributed by atoms with E-state index >= 15 is 0 Å². The molecule has 2 rings (SSSR count). The molecule has 0 N–H and O–H groups in total. The number of rotatable bonds is 2. The Morgan fingerprint density at radius 2 is 2.00 bits per heavy atom. The maximum atomic E-state index is 10.1. The number of carbonyl (C=O) groups excluding carboxylic acids is 1. The molecule has 0 saturated carbocycles. The van der Waals surface area contributed by atoms with Crippen LogP contribution >= 0.6 is 0 Å². The molecule has 1 nitrogen and oxygen atoms in total. The highest BCUT2D eigenvalue weighted by Gasteiger charge is 2.11. The lowest BCUT2D eigenvalue weighted by Gasteiger charge is -2.18. The second kappa shape index (κ2) is 2.94. The molecule has 0 aliphatic heterocycles. The van der Waals surface area contributed by atoms with Crippen LogP contribution in [0.3, 0.4) is 0 Å². The number of hydrogen-bond donors (Lipinski definition) is 0. The van der Waals surface area contributed by atoms with Crippen LogP contribution in [0.5, 0.6) is 0 Å². The minimum Gasteiger partial charge on any atom is -0.299 e. The predicted molar refractivity (Wildman–Crippen MR) is 48.9 cm³/mol. The topological polar surface area (TPSA) is 17.1 Å². The van der Waals surface area contributed by atoms with E-state index < -0.39 is 0 Å². The van der Waals surface area contributed by atoms with Crippen LogP contribution < -0.4 is 0 Å². The second-order valence-electron chi connectivity index (χ2n) is 3.02. The summed E-state index contributed by atoms with van der Waals surface area (Å²) in [6.07, 6.45) is 6.58. The molecule has 0 heterocycles. The number of hydrogen-bond acceptors (Lipinski definition) is 1. The summed E-state index contributed by atoms with van der Waals surface area (Å²) in [4.78, 5) is 10.1. The normalized spacial score (nSPS) is 14.0. The first-order valence-electron chi connectivity index (χ1n) is 4.14. The molecule has 1 aliphatic carbocycles. The van der Waals surface area contributed by atoms with Gasteiger partial charge in [0, 0.05) is 0 Å². The average Bonchev–Trinajstić information content (AvgIpc) is 2.05. The molecule has 0 radical (unpaired) electrons. The summed E-state index contributed by atoms with van der Waals surface area (Å²) >= 11 is 0. The zero-order valence-electron chi connectivity index (χ0n) is 6.79. The quantitative estimate of drug-likeness (QED) is 0.475. The van der Waals surface area contributed by atoms with E-state index in [0.717, 1.165) is 11.8 Å². The predicted octanol–water partition coefficient (Wildman–Crippen LogP) is 2.00. The Bertz CT molecular complexity index is 337. The van der Waals surface area contributed by atoms with Crippen LogP contribution in [-0.2, 0) is 17.6 Å². The molecule has 1 heteroatoms. The highest BCUT2D eigenvalue weighted by atomic mass is 16.1. The highest BCUT2D eigenvalue weighted by molar-refractivity contribution is 5.74. The first-order chi connectivity index (χ1) is 5.90. The monoisotopic (exact) mass is 158 g/mol. The molecule has 1 aliphatic rings. The van der Waals surface area contributed by atoms with Crippen LogP contribution in [0.25, 0.3) is 6.08 Å². The third-order valence-electron chi connectivity index (χ3n) is 2.26. The molecule has 0 amide bonds. The van der Waals surface area contributed by atoms with Crippen molar-refractivity contribution in [3.63, 3.8) is 0 Å². The minimum absolute atomic E-state index is 0.805. The Morgan fingerprint density at radius 3 is 2.58 bits per heavy atom. The maximum absolute atomic E-state index is 10.1. The summed E-state index contributed by atoms with van der Waals surface area (Å²) in [6, 6.07) is 6.35. The van der Waals surface area contributed by atoms with Crippen molar-refractivity contribution in [3.05, 3.63) is 41.0 Å². The zero-order chi connectivity index (χ0) is 8.39. The van der Waals surface area contributed by atoms with Gasteiger partial charge in [0.2, 0.25) is 0 Å². The van der Waals surface area contributed by atoms with Gasteiger partial charge in [0.05, 0.1) is 0 Å². The van der Waals surface area contributed by atoms with Crippen LogP contribution in [0.1, 0.15) is 16.7 Å². The molecule has 0 spiro atoms. The summed E-state index contributed by atoms with van der Waals surface area (Å²) < 4.78 is 0. The lowest BCUT2D eigenvalue weighted by atomic mass is 9.87. The fraction of sp³-hybridized carbons (Fsp3) is 0.182.